The lowest BCUT2D eigenvalue weighted by Crippen LogP contribution is -2.52. The highest BCUT2D eigenvalue weighted by Gasteiger charge is 2.33. The van der Waals surface area contributed by atoms with Crippen LogP contribution in [-0.2, 0) is 16.1 Å². The van der Waals surface area contributed by atoms with Gasteiger partial charge in [0.1, 0.15) is 11.9 Å². The van der Waals surface area contributed by atoms with Crippen LogP contribution in [0.1, 0.15) is 24.8 Å². The van der Waals surface area contributed by atoms with Crippen molar-refractivity contribution in [2.75, 3.05) is 11.9 Å². The van der Waals surface area contributed by atoms with E-state index in [4.69, 9.17) is 4.74 Å². The molecule has 0 bridgehead atoms. The average Bonchev–Trinajstić information content (AvgIpc) is 2.90. The zero-order valence-electron chi connectivity index (χ0n) is 19.8. The number of hydrogen-bond donors (Lipinski definition) is 4. The lowest BCUT2D eigenvalue weighted by Gasteiger charge is -2.35. The Labute approximate surface area is 209 Å². The van der Waals surface area contributed by atoms with Gasteiger partial charge < -0.3 is 25.8 Å². The smallest absolute Gasteiger partial charge is 0.319 e. The second-order valence-electron chi connectivity index (χ2n) is 8.79. The normalized spacial score (nSPS) is 19.3. The molecule has 1 fully saturated rings. The number of rotatable bonds is 8. The molecule has 0 unspecified atom stereocenters. The maximum atomic E-state index is 13.8. The molecule has 7 nitrogen and oxygen atoms in total. The van der Waals surface area contributed by atoms with Crippen LogP contribution in [0.15, 0.2) is 78.9 Å². The maximum absolute atomic E-state index is 13.8. The van der Waals surface area contributed by atoms with E-state index in [0.717, 1.165) is 16.7 Å². The van der Waals surface area contributed by atoms with E-state index in [1.807, 2.05) is 42.5 Å². The Morgan fingerprint density at radius 3 is 2.33 bits per heavy atom. The third-order valence-electron chi connectivity index (χ3n) is 6.20. The van der Waals surface area contributed by atoms with E-state index in [-0.39, 0.29) is 30.7 Å². The molecular weight excluding hydrogens is 461 g/mol. The highest BCUT2D eigenvalue weighted by atomic mass is 19.1. The van der Waals surface area contributed by atoms with Gasteiger partial charge in [0.25, 0.3) is 0 Å². The second-order valence-corrected chi connectivity index (χ2v) is 8.79. The third-order valence-corrected chi connectivity index (χ3v) is 6.20. The van der Waals surface area contributed by atoms with Crippen LogP contribution in [0.2, 0.25) is 0 Å². The van der Waals surface area contributed by atoms with E-state index in [1.54, 1.807) is 6.07 Å². The number of para-hydroxylation sites is 1. The maximum Gasteiger partial charge on any atom is 0.319 e. The van der Waals surface area contributed by atoms with Gasteiger partial charge in [-0.15, -0.1) is 0 Å². The molecule has 1 saturated heterocycles. The summed E-state index contributed by atoms with van der Waals surface area (Å²) < 4.78 is 19.6. The molecule has 0 spiro atoms. The van der Waals surface area contributed by atoms with Gasteiger partial charge in [0, 0.05) is 6.54 Å². The topological polar surface area (TPSA) is 99.7 Å². The first-order valence-electron chi connectivity index (χ1n) is 12.0. The molecule has 3 amide bonds. The molecule has 0 radical (unpaired) electrons. The summed E-state index contributed by atoms with van der Waals surface area (Å²) in [6.07, 6.45) is 0.200. The van der Waals surface area contributed by atoms with Gasteiger partial charge in [0.15, 0.2) is 0 Å². The predicted octanol–water partition coefficient (Wildman–Crippen LogP) is 4.23. The summed E-state index contributed by atoms with van der Waals surface area (Å²) in [6, 6.07) is 23.0. The summed E-state index contributed by atoms with van der Waals surface area (Å²) in [4.78, 5) is 24.8. The Kier molecular flexibility index (Phi) is 8.65. The molecule has 1 aliphatic heterocycles. The Hall–Kier alpha value is -3.75. The van der Waals surface area contributed by atoms with E-state index < -0.39 is 24.0 Å². The van der Waals surface area contributed by atoms with Gasteiger partial charge >= 0.3 is 6.03 Å². The van der Waals surface area contributed by atoms with Crippen LogP contribution in [0.25, 0.3) is 11.1 Å². The largest absolute Gasteiger partial charge is 0.394 e. The van der Waals surface area contributed by atoms with Gasteiger partial charge in [0.05, 0.1) is 30.9 Å². The summed E-state index contributed by atoms with van der Waals surface area (Å²) >= 11 is 0. The number of carbonyl (C=O) groups is 2. The van der Waals surface area contributed by atoms with Crippen LogP contribution in [0.4, 0.5) is 14.9 Å². The second kappa shape index (κ2) is 12.3. The summed E-state index contributed by atoms with van der Waals surface area (Å²) in [6.45, 7) is 0.0982. The van der Waals surface area contributed by atoms with Gasteiger partial charge in [0.2, 0.25) is 5.91 Å². The number of urea groups is 1. The lowest BCUT2D eigenvalue weighted by atomic mass is 9.97. The monoisotopic (exact) mass is 491 g/mol. The van der Waals surface area contributed by atoms with Crippen LogP contribution < -0.4 is 16.0 Å². The van der Waals surface area contributed by atoms with E-state index >= 15 is 0 Å². The van der Waals surface area contributed by atoms with Crippen molar-refractivity contribution in [3.63, 3.8) is 0 Å². The van der Waals surface area contributed by atoms with E-state index in [0.29, 0.717) is 19.4 Å². The minimum Gasteiger partial charge on any atom is -0.394 e. The number of benzene rings is 3. The minimum absolute atomic E-state index is 0.0662. The van der Waals surface area contributed by atoms with Crippen molar-refractivity contribution in [2.24, 2.45) is 0 Å². The predicted molar refractivity (Wildman–Crippen MR) is 136 cm³/mol. The van der Waals surface area contributed by atoms with Crippen molar-refractivity contribution in [3.05, 3.63) is 90.2 Å². The van der Waals surface area contributed by atoms with E-state index in [2.05, 4.69) is 28.1 Å². The number of hydrogen-bond acceptors (Lipinski definition) is 4. The summed E-state index contributed by atoms with van der Waals surface area (Å²) in [5.41, 5.74) is 3.31. The number of nitrogens with one attached hydrogen (secondary N) is 3. The van der Waals surface area contributed by atoms with Crippen LogP contribution >= 0.6 is 0 Å². The first-order chi connectivity index (χ1) is 17.5. The van der Waals surface area contributed by atoms with Crippen LogP contribution in [0, 0.1) is 5.82 Å². The molecule has 1 heterocycles. The number of carbonyl (C=O) groups excluding carboxylic acids is 2. The molecule has 8 heteroatoms. The Morgan fingerprint density at radius 1 is 0.917 bits per heavy atom. The van der Waals surface area contributed by atoms with Crippen LogP contribution in [-0.4, -0.2) is 41.9 Å². The Morgan fingerprint density at radius 2 is 1.61 bits per heavy atom. The fraction of sp³-hybridized carbons (Fsp3) is 0.286. The molecule has 0 saturated carbocycles. The molecule has 3 atom stereocenters. The molecule has 4 N–H and O–H groups in total. The number of anilines is 1. The fourth-order valence-corrected chi connectivity index (χ4v) is 4.26. The van der Waals surface area contributed by atoms with Crippen molar-refractivity contribution in [1.29, 1.82) is 0 Å². The van der Waals surface area contributed by atoms with Gasteiger partial charge in [-0.2, -0.15) is 0 Å². The van der Waals surface area contributed by atoms with Crippen molar-refractivity contribution in [2.45, 2.75) is 44.1 Å². The number of aliphatic hydroxyl groups excluding tert-OH is 1. The first-order valence-corrected chi connectivity index (χ1v) is 12.0. The first kappa shape index (κ1) is 25.3. The third kappa shape index (κ3) is 6.90. The van der Waals surface area contributed by atoms with E-state index in [1.165, 1.54) is 18.2 Å². The van der Waals surface area contributed by atoms with Gasteiger partial charge in [-0.3, -0.25) is 4.79 Å². The highest BCUT2D eigenvalue weighted by molar-refractivity contribution is 5.89. The molecule has 3 aromatic rings. The minimum atomic E-state index is -0.659. The zero-order chi connectivity index (χ0) is 25.3. The quantitative estimate of drug-likeness (QED) is 0.379. The molecule has 0 aromatic heterocycles. The van der Waals surface area contributed by atoms with Crippen molar-refractivity contribution < 1.29 is 23.8 Å². The summed E-state index contributed by atoms with van der Waals surface area (Å²) in [5, 5.41) is 17.9. The number of halogens is 1. The highest BCUT2D eigenvalue weighted by Crippen LogP contribution is 2.23. The molecule has 4 rings (SSSR count). The van der Waals surface area contributed by atoms with E-state index in [9.17, 15) is 19.1 Å². The molecule has 0 aliphatic carbocycles. The van der Waals surface area contributed by atoms with Crippen molar-refractivity contribution in [1.82, 2.24) is 10.6 Å². The van der Waals surface area contributed by atoms with Gasteiger partial charge in [-0.05, 0) is 41.7 Å². The van der Waals surface area contributed by atoms with Crippen molar-refractivity contribution >= 4 is 17.6 Å². The number of aliphatic hydroxyl groups is 1. The molecular formula is C28H30FN3O4. The van der Waals surface area contributed by atoms with Gasteiger partial charge in [-0.25, -0.2) is 9.18 Å². The number of amides is 3. The zero-order valence-corrected chi connectivity index (χ0v) is 19.8. The molecule has 1 aliphatic rings. The summed E-state index contributed by atoms with van der Waals surface area (Å²) in [5.74, 6) is -0.683. The molecule has 36 heavy (non-hydrogen) atoms. The van der Waals surface area contributed by atoms with Crippen LogP contribution in [0.3, 0.4) is 0 Å². The van der Waals surface area contributed by atoms with Gasteiger partial charge in [-0.1, -0.05) is 66.7 Å². The Bertz CT molecular complexity index is 1160. The number of ether oxygens (including phenoxy) is 1. The average molecular weight is 492 g/mol. The standard InChI is InChI=1S/C28H30FN3O4/c29-23-8-4-5-9-24(23)31-28(35)32-25-15-14-22(36-26(25)18-33)16-27(34)30-17-19-10-12-21(13-11-19)20-6-2-1-3-7-20/h1-13,22,25-26,33H,14-18H2,(H,30,34)(H2,31,32,35)/t22-,25-,26+/m0/s1. The fourth-order valence-electron chi connectivity index (χ4n) is 4.26. The SMILES string of the molecule is O=C(C[C@@H]1CC[C@H](NC(=O)Nc2ccccc2F)[C@@H](CO)O1)NCc1ccc(-c2ccccc2)cc1. The van der Waals surface area contributed by atoms with Crippen LogP contribution in [0.5, 0.6) is 0 Å². The Balaban J connectivity index is 1.22. The van der Waals surface area contributed by atoms with Crippen molar-refractivity contribution in [3.8, 4) is 11.1 Å². The summed E-state index contributed by atoms with van der Waals surface area (Å²) in [7, 11) is 0. The molecule has 188 valence electrons. The molecule has 3 aromatic carbocycles. The lowest BCUT2D eigenvalue weighted by molar-refractivity contribution is -0.130.